The van der Waals surface area contributed by atoms with E-state index < -0.39 is 0 Å². The van der Waals surface area contributed by atoms with Gasteiger partial charge in [0.25, 0.3) is 0 Å². The summed E-state index contributed by atoms with van der Waals surface area (Å²) in [6, 6.07) is 4.20. The SMILES string of the molecule is CCCCc1ccc(C(C)C)o1. The van der Waals surface area contributed by atoms with Crippen LogP contribution in [0.1, 0.15) is 51.1 Å². The van der Waals surface area contributed by atoms with Crippen LogP contribution in [0.2, 0.25) is 0 Å². The summed E-state index contributed by atoms with van der Waals surface area (Å²) in [5, 5.41) is 0. The molecule has 1 aromatic rings. The van der Waals surface area contributed by atoms with Crippen LogP contribution >= 0.6 is 0 Å². The molecule has 0 amide bonds. The largest absolute Gasteiger partial charge is 0.466 e. The summed E-state index contributed by atoms with van der Waals surface area (Å²) in [6.07, 6.45) is 3.55. The van der Waals surface area contributed by atoms with Gasteiger partial charge in [-0.2, -0.15) is 0 Å². The first-order valence-electron chi connectivity index (χ1n) is 4.82. The molecule has 0 aliphatic carbocycles. The van der Waals surface area contributed by atoms with Crippen molar-refractivity contribution in [2.24, 2.45) is 0 Å². The minimum atomic E-state index is 0.514. The van der Waals surface area contributed by atoms with Crippen LogP contribution in [0, 0.1) is 0 Å². The molecule has 0 fully saturated rings. The lowest BCUT2D eigenvalue weighted by Gasteiger charge is -1.98. The van der Waals surface area contributed by atoms with Gasteiger partial charge in [0.15, 0.2) is 0 Å². The molecule has 0 saturated carbocycles. The molecule has 0 unspecified atom stereocenters. The van der Waals surface area contributed by atoms with Crippen LogP contribution in [0.4, 0.5) is 0 Å². The summed E-state index contributed by atoms with van der Waals surface area (Å²) in [5.74, 6) is 2.77. The average molecular weight is 166 g/mol. The van der Waals surface area contributed by atoms with E-state index >= 15 is 0 Å². The van der Waals surface area contributed by atoms with E-state index in [1.807, 2.05) is 0 Å². The minimum absolute atomic E-state index is 0.514. The van der Waals surface area contributed by atoms with E-state index in [-0.39, 0.29) is 0 Å². The third-order valence-electron chi connectivity index (χ3n) is 2.03. The Kier molecular flexibility index (Phi) is 3.39. The zero-order valence-electron chi connectivity index (χ0n) is 8.26. The maximum atomic E-state index is 5.65. The van der Waals surface area contributed by atoms with Crippen molar-refractivity contribution in [1.29, 1.82) is 0 Å². The predicted molar refractivity (Wildman–Crippen MR) is 51.4 cm³/mol. The van der Waals surface area contributed by atoms with Gasteiger partial charge in [0, 0.05) is 12.3 Å². The van der Waals surface area contributed by atoms with E-state index in [2.05, 4.69) is 32.9 Å². The molecule has 0 aliphatic rings. The van der Waals surface area contributed by atoms with Crippen LogP contribution in [0.5, 0.6) is 0 Å². The van der Waals surface area contributed by atoms with Crippen LogP contribution in [0.3, 0.4) is 0 Å². The Bertz CT molecular complexity index is 223. The van der Waals surface area contributed by atoms with Crippen molar-refractivity contribution in [3.63, 3.8) is 0 Å². The lowest BCUT2D eigenvalue weighted by atomic mass is 10.2. The van der Waals surface area contributed by atoms with Gasteiger partial charge in [-0.3, -0.25) is 0 Å². The van der Waals surface area contributed by atoms with Gasteiger partial charge in [-0.15, -0.1) is 0 Å². The van der Waals surface area contributed by atoms with Crippen LogP contribution in [-0.4, -0.2) is 0 Å². The van der Waals surface area contributed by atoms with Gasteiger partial charge in [0.1, 0.15) is 11.5 Å². The van der Waals surface area contributed by atoms with Gasteiger partial charge in [-0.25, -0.2) is 0 Å². The molecule has 1 rings (SSSR count). The fraction of sp³-hybridized carbons (Fsp3) is 0.636. The number of hydrogen-bond donors (Lipinski definition) is 0. The lowest BCUT2D eigenvalue weighted by Crippen LogP contribution is -1.82. The summed E-state index contributed by atoms with van der Waals surface area (Å²) in [7, 11) is 0. The van der Waals surface area contributed by atoms with Crippen LogP contribution in [0.15, 0.2) is 16.5 Å². The second kappa shape index (κ2) is 4.34. The third kappa shape index (κ3) is 2.40. The predicted octanol–water partition coefficient (Wildman–Crippen LogP) is 3.75. The van der Waals surface area contributed by atoms with Gasteiger partial charge in [-0.05, 0) is 18.6 Å². The minimum Gasteiger partial charge on any atom is -0.466 e. The molecule has 1 heterocycles. The molecule has 0 atom stereocenters. The number of furan rings is 1. The highest BCUT2D eigenvalue weighted by Crippen LogP contribution is 2.18. The zero-order chi connectivity index (χ0) is 8.97. The Morgan fingerprint density at radius 2 is 2.08 bits per heavy atom. The van der Waals surface area contributed by atoms with E-state index in [1.165, 1.54) is 12.8 Å². The highest BCUT2D eigenvalue weighted by molar-refractivity contribution is 5.09. The Hall–Kier alpha value is -0.720. The topological polar surface area (TPSA) is 13.1 Å². The van der Waals surface area contributed by atoms with Crippen molar-refractivity contribution < 1.29 is 4.42 Å². The molecule has 0 radical (unpaired) electrons. The van der Waals surface area contributed by atoms with Crippen molar-refractivity contribution in [3.8, 4) is 0 Å². The molecule has 68 valence electrons. The molecule has 1 aromatic heterocycles. The van der Waals surface area contributed by atoms with Gasteiger partial charge in [0.05, 0.1) is 0 Å². The number of rotatable bonds is 4. The smallest absolute Gasteiger partial charge is 0.106 e. The molecular weight excluding hydrogens is 148 g/mol. The van der Waals surface area contributed by atoms with Crippen molar-refractivity contribution in [3.05, 3.63) is 23.7 Å². The van der Waals surface area contributed by atoms with E-state index in [0.717, 1.165) is 17.9 Å². The molecule has 0 spiro atoms. The van der Waals surface area contributed by atoms with E-state index in [1.54, 1.807) is 0 Å². The summed E-state index contributed by atoms with van der Waals surface area (Å²) < 4.78 is 5.65. The van der Waals surface area contributed by atoms with Gasteiger partial charge in [0.2, 0.25) is 0 Å². The Morgan fingerprint density at radius 1 is 1.33 bits per heavy atom. The Morgan fingerprint density at radius 3 is 2.58 bits per heavy atom. The molecule has 1 heteroatoms. The van der Waals surface area contributed by atoms with Crippen LogP contribution < -0.4 is 0 Å². The van der Waals surface area contributed by atoms with Gasteiger partial charge < -0.3 is 4.42 Å². The summed E-state index contributed by atoms with van der Waals surface area (Å²) in [5.41, 5.74) is 0. The first kappa shape index (κ1) is 9.37. The summed E-state index contributed by atoms with van der Waals surface area (Å²) in [4.78, 5) is 0. The fourth-order valence-electron chi connectivity index (χ4n) is 1.19. The van der Waals surface area contributed by atoms with Gasteiger partial charge >= 0.3 is 0 Å². The van der Waals surface area contributed by atoms with Crippen molar-refractivity contribution >= 4 is 0 Å². The van der Waals surface area contributed by atoms with Crippen LogP contribution in [-0.2, 0) is 6.42 Å². The van der Waals surface area contributed by atoms with Gasteiger partial charge in [-0.1, -0.05) is 27.2 Å². The molecule has 0 bridgehead atoms. The molecular formula is C11H18O. The van der Waals surface area contributed by atoms with E-state index in [9.17, 15) is 0 Å². The molecule has 0 N–H and O–H groups in total. The maximum absolute atomic E-state index is 5.65. The summed E-state index contributed by atoms with van der Waals surface area (Å²) in [6.45, 7) is 6.51. The maximum Gasteiger partial charge on any atom is 0.106 e. The third-order valence-corrected chi connectivity index (χ3v) is 2.03. The molecule has 0 aromatic carbocycles. The molecule has 1 nitrogen and oxygen atoms in total. The first-order valence-corrected chi connectivity index (χ1v) is 4.82. The number of unbranched alkanes of at least 4 members (excludes halogenated alkanes) is 1. The number of hydrogen-bond acceptors (Lipinski definition) is 1. The van der Waals surface area contributed by atoms with Crippen molar-refractivity contribution in [1.82, 2.24) is 0 Å². The highest BCUT2D eigenvalue weighted by Gasteiger charge is 2.04. The van der Waals surface area contributed by atoms with Crippen molar-refractivity contribution in [2.75, 3.05) is 0 Å². The van der Waals surface area contributed by atoms with Crippen LogP contribution in [0.25, 0.3) is 0 Å². The molecule has 0 saturated heterocycles. The second-order valence-corrected chi connectivity index (χ2v) is 3.56. The Balaban J connectivity index is 2.52. The first-order chi connectivity index (χ1) is 5.74. The molecule has 0 aliphatic heterocycles. The zero-order valence-corrected chi connectivity index (χ0v) is 8.26. The quantitative estimate of drug-likeness (QED) is 0.664. The standard InChI is InChI=1S/C11H18O/c1-4-5-6-10-7-8-11(12-10)9(2)3/h7-9H,4-6H2,1-3H3. The second-order valence-electron chi connectivity index (χ2n) is 3.56. The Labute approximate surface area is 74.8 Å². The fourth-order valence-corrected chi connectivity index (χ4v) is 1.19. The average Bonchev–Trinajstić information content (AvgIpc) is 2.48. The van der Waals surface area contributed by atoms with Crippen molar-refractivity contribution in [2.45, 2.75) is 46.0 Å². The highest BCUT2D eigenvalue weighted by atomic mass is 16.3. The lowest BCUT2D eigenvalue weighted by molar-refractivity contribution is 0.442. The van der Waals surface area contributed by atoms with E-state index in [4.69, 9.17) is 4.42 Å². The monoisotopic (exact) mass is 166 g/mol. The summed E-state index contributed by atoms with van der Waals surface area (Å²) >= 11 is 0. The normalized spacial score (nSPS) is 11.0. The van der Waals surface area contributed by atoms with E-state index in [0.29, 0.717) is 5.92 Å². The molecule has 12 heavy (non-hydrogen) atoms. The number of aryl methyl sites for hydroxylation is 1.